The Morgan fingerprint density at radius 1 is 1.23 bits per heavy atom. The highest BCUT2D eigenvalue weighted by Gasteiger charge is 2.38. The number of hydrogen-bond donors (Lipinski definition) is 0. The average molecular weight is 352 g/mol. The van der Waals surface area contributed by atoms with Gasteiger partial charge in [0.1, 0.15) is 0 Å². The number of aromatic nitrogens is 2. The number of carbonyl (C=O) groups is 1. The summed E-state index contributed by atoms with van der Waals surface area (Å²) in [6.45, 7) is 5.90. The summed E-state index contributed by atoms with van der Waals surface area (Å²) in [5.74, 6) is 0.0751. The highest BCUT2D eigenvalue weighted by Crippen LogP contribution is 2.25. The quantitative estimate of drug-likeness (QED) is 0.841. The van der Waals surface area contributed by atoms with Crippen LogP contribution in [0, 0.1) is 6.92 Å². The lowest BCUT2D eigenvalue weighted by atomic mass is 10.1. The third-order valence-electron chi connectivity index (χ3n) is 5.19. The van der Waals surface area contributed by atoms with Crippen LogP contribution in [0.5, 0.6) is 0 Å². The molecule has 2 atom stereocenters. The van der Waals surface area contributed by atoms with Crippen LogP contribution in [0.4, 0.5) is 0 Å². The summed E-state index contributed by atoms with van der Waals surface area (Å²) < 4.78 is 6.10. The highest BCUT2D eigenvalue weighted by molar-refractivity contribution is 5.94. The zero-order valence-electron chi connectivity index (χ0n) is 15.0. The van der Waals surface area contributed by atoms with Crippen molar-refractivity contribution in [1.29, 1.82) is 0 Å². The minimum atomic E-state index is 0.0751. The lowest BCUT2D eigenvalue weighted by Gasteiger charge is -2.37. The van der Waals surface area contributed by atoms with E-state index >= 15 is 0 Å². The van der Waals surface area contributed by atoms with E-state index in [0.717, 1.165) is 44.0 Å². The van der Waals surface area contributed by atoms with Crippen LogP contribution in [-0.2, 0) is 11.3 Å². The first-order valence-corrected chi connectivity index (χ1v) is 9.16. The molecule has 0 saturated carbocycles. The third kappa shape index (κ3) is 3.76. The van der Waals surface area contributed by atoms with Gasteiger partial charge in [-0.1, -0.05) is 6.07 Å². The van der Waals surface area contributed by atoms with E-state index in [9.17, 15) is 4.79 Å². The molecule has 2 aromatic heterocycles. The largest absolute Gasteiger partial charge is 0.371 e. The van der Waals surface area contributed by atoms with Crippen LogP contribution in [0.15, 0.2) is 42.7 Å². The molecule has 4 heterocycles. The van der Waals surface area contributed by atoms with Gasteiger partial charge in [0.15, 0.2) is 0 Å². The molecular formula is C20H24N4O2. The first-order chi connectivity index (χ1) is 12.7. The summed E-state index contributed by atoms with van der Waals surface area (Å²) in [5, 5.41) is 0. The van der Waals surface area contributed by atoms with Crippen molar-refractivity contribution in [1.82, 2.24) is 19.8 Å². The summed E-state index contributed by atoms with van der Waals surface area (Å²) in [7, 11) is 0. The minimum absolute atomic E-state index is 0.0751. The Labute approximate surface area is 153 Å². The topological polar surface area (TPSA) is 58.6 Å². The van der Waals surface area contributed by atoms with Crippen LogP contribution in [-0.4, -0.2) is 64.0 Å². The second-order valence-corrected chi connectivity index (χ2v) is 7.08. The summed E-state index contributed by atoms with van der Waals surface area (Å²) in [4.78, 5) is 25.6. The first kappa shape index (κ1) is 17.1. The van der Waals surface area contributed by atoms with Gasteiger partial charge in [-0.05, 0) is 37.6 Å². The second kappa shape index (κ2) is 7.51. The molecule has 0 spiro atoms. The van der Waals surface area contributed by atoms with Crippen molar-refractivity contribution in [3.63, 3.8) is 0 Å². The molecule has 0 aliphatic carbocycles. The van der Waals surface area contributed by atoms with Gasteiger partial charge < -0.3 is 9.64 Å². The molecule has 2 aliphatic rings. The Morgan fingerprint density at radius 2 is 2.15 bits per heavy atom. The van der Waals surface area contributed by atoms with Gasteiger partial charge in [0.05, 0.1) is 24.0 Å². The van der Waals surface area contributed by atoms with Gasteiger partial charge in [-0.15, -0.1) is 0 Å². The Hall–Kier alpha value is -2.31. The van der Waals surface area contributed by atoms with Crippen molar-refractivity contribution in [2.24, 2.45) is 0 Å². The highest BCUT2D eigenvalue weighted by atomic mass is 16.5. The van der Waals surface area contributed by atoms with Crippen LogP contribution in [0.3, 0.4) is 0 Å². The standard InChI is InChI=1S/C20H24N4O2/c1-15-4-2-6-17(22-15)14-26-19-10-18-12-24(9-8-23(18)13-19)20(25)16-5-3-7-21-11-16/h2-7,11,18-19H,8-10,12-14H2,1H3/t18-,19-/m1/s1. The molecule has 2 aliphatic heterocycles. The van der Waals surface area contributed by atoms with Crippen molar-refractivity contribution in [2.75, 3.05) is 26.2 Å². The van der Waals surface area contributed by atoms with E-state index in [1.54, 1.807) is 12.4 Å². The van der Waals surface area contributed by atoms with E-state index in [2.05, 4.69) is 14.9 Å². The van der Waals surface area contributed by atoms with E-state index < -0.39 is 0 Å². The lowest BCUT2D eigenvalue weighted by molar-refractivity contribution is 0.0434. The van der Waals surface area contributed by atoms with Crippen LogP contribution < -0.4 is 0 Å². The summed E-state index contributed by atoms with van der Waals surface area (Å²) in [5.41, 5.74) is 2.65. The van der Waals surface area contributed by atoms with Gasteiger partial charge in [-0.25, -0.2) is 0 Å². The molecule has 0 radical (unpaired) electrons. The fourth-order valence-electron chi connectivity index (χ4n) is 3.86. The average Bonchev–Trinajstić information content (AvgIpc) is 3.08. The van der Waals surface area contributed by atoms with Crippen molar-refractivity contribution in [2.45, 2.75) is 32.1 Å². The fourth-order valence-corrected chi connectivity index (χ4v) is 3.86. The molecule has 1 amide bonds. The SMILES string of the molecule is Cc1cccc(CO[C@@H]2C[C@@H]3CN(C(=O)c4cccnc4)CCN3C2)n1. The van der Waals surface area contributed by atoms with Crippen molar-refractivity contribution < 1.29 is 9.53 Å². The third-order valence-corrected chi connectivity index (χ3v) is 5.19. The number of rotatable bonds is 4. The molecule has 0 N–H and O–H groups in total. The Morgan fingerprint density at radius 3 is 2.96 bits per heavy atom. The van der Waals surface area contributed by atoms with Crippen LogP contribution in [0.2, 0.25) is 0 Å². The number of pyridine rings is 2. The second-order valence-electron chi connectivity index (χ2n) is 7.08. The summed E-state index contributed by atoms with van der Waals surface area (Å²) in [6.07, 6.45) is 4.50. The van der Waals surface area contributed by atoms with E-state index in [0.29, 0.717) is 18.2 Å². The molecule has 0 unspecified atom stereocenters. The minimum Gasteiger partial charge on any atom is -0.371 e. The molecule has 26 heavy (non-hydrogen) atoms. The maximum Gasteiger partial charge on any atom is 0.255 e. The molecule has 6 nitrogen and oxygen atoms in total. The predicted octanol–water partition coefficient (Wildman–Crippen LogP) is 1.90. The van der Waals surface area contributed by atoms with Gasteiger partial charge in [-0.2, -0.15) is 0 Å². The van der Waals surface area contributed by atoms with Crippen LogP contribution in [0.1, 0.15) is 28.2 Å². The van der Waals surface area contributed by atoms with E-state index in [4.69, 9.17) is 4.74 Å². The molecule has 0 bridgehead atoms. The fraction of sp³-hybridized carbons (Fsp3) is 0.450. The summed E-state index contributed by atoms with van der Waals surface area (Å²) >= 11 is 0. The number of piperazine rings is 1. The first-order valence-electron chi connectivity index (χ1n) is 9.16. The maximum absolute atomic E-state index is 12.6. The molecule has 2 fully saturated rings. The number of ether oxygens (including phenoxy) is 1. The maximum atomic E-state index is 12.6. The van der Waals surface area contributed by atoms with Crippen LogP contribution >= 0.6 is 0 Å². The summed E-state index contributed by atoms with van der Waals surface area (Å²) in [6, 6.07) is 10.0. The molecule has 0 aromatic carbocycles. The number of amides is 1. The number of hydrogen-bond acceptors (Lipinski definition) is 5. The van der Waals surface area contributed by atoms with Gasteiger partial charge in [0.2, 0.25) is 0 Å². The van der Waals surface area contributed by atoms with E-state index in [-0.39, 0.29) is 12.0 Å². The van der Waals surface area contributed by atoms with Gasteiger partial charge in [-0.3, -0.25) is 19.7 Å². The predicted molar refractivity (Wildman–Crippen MR) is 97.7 cm³/mol. The van der Waals surface area contributed by atoms with Crippen molar-refractivity contribution in [3.05, 3.63) is 59.7 Å². The van der Waals surface area contributed by atoms with Crippen molar-refractivity contribution in [3.8, 4) is 0 Å². The number of aryl methyl sites for hydroxylation is 1. The molecule has 2 aromatic rings. The zero-order chi connectivity index (χ0) is 17.9. The molecule has 2 saturated heterocycles. The monoisotopic (exact) mass is 352 g/mol. The molecule has 4 rings (SSSR count). The van der Waals surface area contributed by atoms with E-state index in [1.807, 2.05) is 42.2 Å². The zero-order valence-corrected chi connectivity index (χ0v) is 15.0. The normalized spacial score (nSPS) is 23.0. The van der Waals surface area contributed by atoms with Crippen molar-refractivity contribution >= 4 is 5.91 Å². The van der Waals surface area contributed by atoms with Crippen LogP contribution in [0.25, 0.3) is 0 Å². The molecular weight excluding hydrogens is 328 g/mol. The Balaban J connectivity index is 1.32. The molecule has 6 heteroatoms. The number of carbonyl (C=O) groups excluding carboxylic acids is 1. The van der Waals surface area contributed by atoms with E-state index in [1.165, 1.54) is 0 Å². The Bertz CT molecular complexity index is 767. The smallest absolute Gasteiger partial charge is 0.255 e. The lowest BCUT2D eigenvalue weighted by Crippen LogP contribution is -2.52. The van der Waals surface area contributed by atoms with Gasteiger partial charge in [0.25, 0.3) is 5.91 Å². The van der Waals surface area contributed by atoms with Gasteiger partial charge >= 0.3 is 0 Å². The number of fused-ring (bicyclic) bond motifs is 1. The number of nitrogens with zero attached hydrogens (tertiary/aromatic N) is 4. The Kier molecular flexibility index (Phi) is 4.95. The molecule has 136 valence electrons. The van der Waals surface area contributed by atoms with Gasteiger partial charge in [0, 0.05) is 50.3 Å².